The van der Waals surface area contributed by atoms with Crippen molar-refractivity contribution in [2.45, 2.75) is 31.0 Å². The van der Waals surface area contributed by atoms with Crippen molar-refractivity contribution >= 4 is 15.9 Å². The number of oxazole rings is 1. The highest BCUT2D eigenvalue weighted by atomic mass is 79.9. The van der Waals surface area contributed by atoms with Gasteiger partial charge < -0.3 is 4.42 Å². The fraction of sp³-hybridized carbons (Fsp3) is 0.625. The molecule has 5 heteroatoms. The molecule has 0 saturated heterocycles. The highest BCUT2D eigenvalue weighted by molar-refractivity contribution is 9.08. The van der Waals surface area contributed by atoms with Gasteiger partial charge in [-0.15, -0.1) is 0 Å². The molecule has 1 aromatic rings. The molecule has 0 bridgehead atoms. The molecule has 1 unspecified atom stereocenters. The van der Waals surface area contributed by atoms with Crippen molar-refractivity contribution in [3.05, 3.63) is 17.8 Å². The van der Waals surface area contributed by atoms with Crippen LogP contribution < -0.4 is 0 Å². The number of hydrogen-bond donors (Lipinski definition) is 0. The summed E-state index contributed by atoms with van der Waals surface area (Å²) < 4.78 is 30.7. The lowest BCUT2D eigenvalue weighted by molar-refractivity contribution is -0.00858. The standard InChI is InChI=1S/C8H10BrF2NO/c1-5(8(2,10)11)7-6(3-9)12-4-13-7/h4-5H,3H2,1-2H3. The minimum absolute atomic E-state index is 0.254. The summed E-state index contributed by atoms with van der Waals surface area (Å²) in [5.41, 5.74) is 0.536. The van der Waals surface area contributed by atoms with E-state index in [1.807, 2.05) is 0 Å². The quantitative estimate of drug-likeness (QED) is 0.773. The Morgan fingerprint density at radius 1 is 1.69 bits per heavy atom. The third-order valence-electron chi connectivity index (χ3n) is 1.95. The Morgan fingerprint density at radius 3 is 2.77 bits per heavy atom. The maximum atomic E-state index is 12.9. The zero-order chi connectivity index (χ0) is 10.1. The molecule has 1 rings (SSSR count). The first kappa shape index (κ1) is 10.6. The molecule has 74 valence electrons. The number of hydrogen-bond acceptors (Lipinski definition) is 2. The summed E-state index contributed by atoms with van der Waals surface area (Å²) in [7, 11) is 0. The maximum Gasteiger partial charge on any atom is 0.254 e. The van der Waals surface area contributed by atoms with Gasteiger partial charge in [0.2, 0.25) is 0 Å². The minimum atomic E-state index is -2.78. The Labute approximate surface area is 83.5 Å². The highest BCUT2D eigenvalue weighted by Crippen LogP contribution is 2.34. The molecule has 0 spiro atoms. The van der Waals surface area contributed by atoms with Crippen LogP contribution in [0.1, 0.15) is 31.2 Å². The molecule has 0 N–H and O–H groups in total. The van der Waals surface area contributed by atoms with E-state index in [1.54, 1.807) is 0 Å². The lowest BCUT2D eigenvalue weighted by atomic mass is 10.0. The van der Waals surface area contributed by atoms with Crippen LogP contribution in [0.4, 0.5) is 8.78 Å². The Kier molecular flexibility index (Phi) is 3.05. The fourth-order valence-electron chi connectivity index (χ4n) is 0.961. The van der Waals surface area contributed by atoms with Crippen LogP contribution in [0.15, 0.2) is 10.8 Å². The molecule has 0 aliphatic carbocycles. The third kappa shape index (κ3) is 2.27. The van der Waals surface area contributed by atoms with E-state index in [0.717, 1.165) is 6.92 Å². The van der Waals surface area contributed by atoms with Crippen LogP contribution in [-0.4, -0.2) is 10.9 Å². The van der Waals surface area contributed by atoms with Crippen molar-refractivity contribution in [2.24, 2.45) is 0 Å². The van der Waals surface area contributed by atoms with Gasteiger partial charge in [0, 0.05) is 12.3 Å². The second-order valence-electron chi connectivity index (χ2n) is 2.97. The molecule has 0 radical (unpaired) electrons. The van der Waals surface area contributed by atoms with Crippen LogP contribution in [0.25, 0.3) is 0 Å². The number of halogens is 3. The van der Waals surface area contributed by atoms with Crippen LogP contribution in [0.5, 0.6) is 0 Å². The van der Waals surface area contributed by atoms with E-state index in [-0.39, 0.29) is 5.76 Å². The van der Waals surface area contributed by atoms with Crippen LogP contribution in [0.2, 0.25) is 0 Å². The van der Waals surface area contributed by atoms with Crippen molar-refractivity contribution < 1.29 is 13.2 Å². The van der Waals surface area contributed by atoms with Gasteiger partial charge in [-0.05, 0) is 6.92 Å². The average Bonchev–Trinajstić information content (AvgIpc) is 2.48. The molecule has 0 aliphatic heterocycles. The van der Waals surface area contributed by atoms with Crippen LogP contribution in [0.3, 0.4) is 0 Å². The molecular formula is C8H10BrF2NO. The SMILES string of the molecule is CC(c1ocnc1CBr)C(C)(F)F. The van der Waals surface area contributed by atoms with Gasteiger partial charge in [-0.3, -0.25) is 0 Å². The zero-order valence-corrected chi connectivity index (χ0v) is 8.94. The lowest BCUT2D eigenvalue weighted by Crippen LogP contribution is -2.19. The molecule has 1 heterocycles. The van der Waals surface area contributed by atoms with E-state index >= 15 is 0 Å². The van der Waals surface area contributed by atoms with E-state index in [9.17, 15) is 8.78 Å². The van der Waals surface area contributed by atoms with Gasteiger partial charge in [0.05, 0.1) is 11.6 Å². The Balaban J connectivity index is 2.94. The normalized spacial score (nSPS) is 14.5. The van der Waals surface area contributed by atoms with Gasteiger partial charge in [-0.25, -0.2) is 13.8 Å². The largest absolute Gasteiger partial charge is 0.448 e. The molecule has 0 saturated carbocycles. The maximum absolute atomic E-state index is 12.9. The van der Waals surface area contributed by atoms with Gasteiger partial charge in [-0.1, -0.05) is 15.9 Å². The molecule has 0 aromatic carbocycles. The second kappa shape index (κ2) is 3.74. The van der Waals surface area contributed by atoms with E-state index in [0.29, 0.717) is 11.0 Å². The highest BCUT2D eigenvalue weighted by Gasteiger charge is 2.35. The fourth-order valence-corrected chi connectivity index (χ4v) is 1.38. The van der Waals surface area contributed by atoms with Gasteiger partial charge in [0.1, 0.15) is 5.76 Å². The molecular weight excluding hydrogens is 244 g/mol. The molecule has 1 atom stereocenters. The van der Waals surface area contributed by atoms with E-state index in [2.05, 4.69) is 20.9 Å². The average molecular weight is 254 g/mol. The Morgan fingerprint density at radius 2 is 2.31 bits per heavy atom. The number of nitrogens with zero attached hydrogens (tertiary/aromatic N) is 1. The monoisotopic (exact) mass is 253 g/mol. The number of rotatable bonds is 3. The topological polar surface area (TPSA) is 26.0 Å². The first-order valence-corrected chi connectivity index (χ1v) is 4.95. The smallest absolute Gasteiger partial charge is 0.254 e. The molecule has 2 nitrogen and oxygen atoms in total. The van der Waals surface area contributed by atoms with Gasteiger partial charge in [0.15, 0.2) is 6.39 Å². The van der Waals surface area contributed by atoms with E-state index in [1.165, 1.54) is 13.3 Å². The van der Waals surface area contributed by atoms with Gasteiger partial charge >= 0.3 is 0 Å². The zero-order valence-electron chi connectivity index (χ0n) is 7.35. The summed E-state index contributed by atoms with van der Waals surface area (Å²) in [6.45, 7) is 2.30. The van der Waals surface area contributed by atoms with E-state index in [4.69, 9.17) is 4.42 Å². The van der Waals surface area contributed by atoms with Crippen LogP contribution in [-0.2, 0) is 5.33 Å². The Hall–Kier alpha value is -0.450. The van der Waals surface area contributed by atoms with Crippen LogP contribution in [0, 0.1) is 0 Å². The predicted octanol–water partition coefficient (Wildman–Crippen LogP) is 3.33. The molecule has 0 fully saturated rings. The summed E-state index contributed by atoms with van der Waals surface area (Å²) in [6.07, 6.45) is 1.19. The molecule has 0 amide bonds. The van der Waals surface area contributed by atoms with Crippen LogP contribution >= 0.6 is 15.9 Å². The number of aromatic nitrogens is 1. The van der Waals surface area contributed by atoms with Gasteiger partial charge in [0.25, 0.3) is 5.92 Å². The van der Waals surface area contributed by atoms with Crippen molar-refractivity contribution in [1.29, 1.82) is 0 Å². The van der Waals surface area contributed by atoms with Crippen molar-refractivity contribution in [1.82, 2.24) is 4.98 Å². The molecule has 0 aliphatic rings. The third-order valence-corrected chi connectivity index (χ3v) is 2.48. The van der Waals surface area contributed by atoms with Crippen molar-refractivity contribution in [3.63, 3.8) is 0 Å². The Bertz CT molecular complexity index is 282. The van der Waals surface area contributed by atoms with Gasteiger partial charge in [-0.2, -0.15) is 0 Å². The molecule has 13 heavy (non-hydrogen) atoms. The molecule has 1 aromatic heterocycles. The van der Waals surface area contributed by atoms with Crippen molar-refractivity contribution in [2.75, 3.05) is 0 Å². The van der Waals surface area contributed by atoms with E-state index < -0.39 is 11.8 Å². The lowest BCUT2D eigenvalue weighted by Gasteiger charge is -2.17. The summed E-state index contributed by atoms with van der Waals surface area (Å²) in [4.78, 5) is 3.82. The first-order valence-electron chi connectivity index (χ1n) is 3.83. The summed E-state index contributed by atoms with van der Waals surface area (Å²) in [5.74, 6) is -3.47. The minimum Gasteiger partial charge on any atom is -0.448 e. The summed E-state index contributed by atoms with van der Waals surface area (Å²) in [6, 6.07) is 0. The summed E-state index contributed by atoms with van der Waals surface area (Å²) in [5, 5.41) is 0.430. The predicted molar refractivity (Wildman–Crippen MR) is 48.2 cm³/mol. The second-order valence-corrected chi connectivity index (χ2v) is 3.54. The number of alkyl halides is 3. The first-order chi connectivity index (χ1) is 5.96. The summed E-state index contributed by atoms with van der Waals surface area (Å²) >= 11 is 3.16. The van der Waals surface area contributed by atoms with Crippen molar-refractivity contribution in [3.8, 4) is 0 Å².